The summed E-state index contributed by atoms with van der Waals surface area (Å²) in [5.74, 6) is -0.527. The number of rotatable bonds is 3. The van der Waals surface area contributed by atoms with Crippen LogP contribution >= 0.6 is 0 Å². The lowest BCUT2D eigenvalue weighted by Crippen LogP contribution is -2.60. The molecule has 0 amide bonds. The molecule has 3 fully saturated rings. The average Bonchev–Trinajstić information content (AvgIpc) is 2.21. The maximum Gasteiger partial charge on any atom is 0.310 e. The molecule has 3 saturated heterocycles. The van der Waals surface area contributed by atoms with E-state index in [1.165, 1.54) is 0 Å². The zero-order chi connectivity index (χ0) is 9.31. The van der Waals surface area contributed by atoms with E-state index >= 15 is 0 Å². The molecule has 0 aliphatic carbocycles. The molecule has 3 rings (SSSR count). The summed E-state index contributed by atoms with van der Waals surface area (Å²) >= 11 is 0. The van der Waals surface area contributed by atoms with Crippen molar-refractivity contribution in [1.82, 2.24) is 0 Å². The van der Waals surface area contributed by atoms with E-state index in [0.717, 1.165) is 19.8 Å². The largest absolute Gasteiger partial charge is 0.370 e. The summed E-state index contributed by atoms with van der Waals surface area (Å²) in [5, 5.41) is 0. The highest BCUT2D eigenvalue weighted by Gasteiger charge is 2.49. The van der Waals surface area contributed by atoms with Crippen LogP contribution in [0.3, 0.4) is 0 Å². The van der Waals surface area contributed by atoms with E-state index < -0.39 is 5.97 Å². The fourth-order valence-electron chi connectivity index (χ4n) is 1.68. The predicted molar refractivity (Wildman–Crippen MR) is 45.2 cm³/mol. The molecule has 3 aliphatic rings. The summed E-state index contributed by atoms with van der Waals surface area (Å²) in [6, 6.07) is 0. The van der Waals surface area contributed by atoms with E-state index in [4.69, 9.17) is 18.9 Å². The van der Waals surface area contributed by atoms with Crippen LogP contribution in [0.2, 0.25) is 0 Å². The van der Waals surface area contributed by atoms with Gasteiger partial charge >= 0.3 is 5.97 Å². The normalized spacial score (nSPS) is 40.6. The average molecular weight is 188 g/mol. The fraction of sp³-hybridized carbons (Fsp3) is 1.00. The molecule has 0 saturated carbocycles. The Kier molecular flexibility index (Phi) is 2.55. The molecule has 13 heavy (non-hydrogen) atoms. The van der Waals surface area contributed by atoms with Gasteiger partial charge in [-0.15, -0.1) is 0 Å². The summed E-state index contributed by atoms with van der Waals surface area (Å²) in [7, 11) is 0. The Morgan fingerprint density at radius 1 is 1.31 bits per heavy atom. The summed E-state index contributed by atoms with van der Waals surface area (Å²) in [5.41, 5.74) is 0. The molecule has 0 radical (unpaired) electrons. The second-order valence-electron chi connectivity index (χ2n) is 3.50. The van der Waals surface area contributed by atoms with Crippen LogP contribution in [-0.4, -0.2) is 38.5 Å². The van der Waals surface area contributed by atoms with Gasteiger partial charge in [-0.3, -0.25) is 0 Å². The van der Waals surface area contributed by atoms with E-state index in [2.05, 4.69) is 0 Å². The van der Waals surface area contributed by atoms with Gasteiger partial charge in [-0.25, -0.2) is 0 Å². The van der Waals surface area contributed by atoms with Crippen LogP contribution in [0.4, 0.5) is 0 Å². The Morgan fingerprint density at radius 3 is 2.31 bits per heavy atom. The maximum absolute atomic E-state index is 5.51. The van der Waals surface area contributed by atoms with Crippen LogP contribution in [0.15, 0.2) is 0 Å². The first-order valence-corrected chi connectivity index (χ1v) is 4.80. The molecule has 3 aliphatic heterocycles. The van der Waals surface area contributed by atoms with Gasteiger partial charge < -0.3 is 18.9 Å². The number of hydrogen-bond acceptors (Lipinski definition) is 4. The Labute approximate surface area is 78.1 Å². The van der Waals surface area contributed by atoms with Gasteiger partial charge in [-0.05, 0) is 13.8 Å². The van der Waals surface area contributed by atoms with E-state index in [-0.39, 0.29) is 6.10 Å². The molecule has 4 nitrogen and oxygen atoms in total. The lowest BCUT2D eigenvalue weighted by atomic mass is 10.1. The minimum absolute atomic E-state index is 0.168. The summed E-state index contributed by atoms with van der Waals surface area (Å²) in [6.45, 7) is 6.66. The Bertz CT molecular complexity index is 161. The molecule has 1 atom stereocenters. The predicted octanol–water partition coefficient (Wildman–Crippen LogP) is 0.758. The zero-order valence-electron chi connectivity index (χ0n) is 8.12. The van der Waals surface area contributed by atoms with Crippen LogP contribution in [0, 0.1) is 5.92 Å². The molecule has 0 N–H and O–H groups in total. The van der Waals surface area contributed by atoms with E-state index in [9.17, 15) is 0 Å². The standard InChI is InChI=1S/C9H16O4/c1-3-10-7(2)9-11-4-8(5-12-9)6-13-9/h7-8H,3-6H2,1-2H3. The monoisotopic (exact) mass is 188 g/mol. The van der Waals surface area contributed by atoms with Gasteiger partial charge in [-0.1, -0.05) is 0 Å². The highest BCUT2D eigenvalue weighted by atomic mass is 16.9. The Morgan fingerprint density at radius 2 is 1.85 bits per heavy atom. The first kappa shape index (κ1) is 9.40. The first-order valence-electron chi connectivity index (χ1n) is 4.80. The number of hydrogen-bond donors (Lipinski definition) is 0. The van der Waals surface area contributed by atoms with Crippen LogP contribution in [0.25, 0.3) is 0 Å². The quantitative estimate of drug-likeness (QED) is 0.655. The molecular formula is C9H16O4. The van der Waals surface area contributed by atoms with Gasteiger partial charge in [0.2, 0.25) is 0 Å². The highest BCUT2D eigenvalue weighted by molar-refractivity contribution is 4.79. The SMILES string of the molecule is CCOC(C)C12OCC(CO1)CO2. The molecule has 0 aromatic carbocycles. The van der Waals surface area contributed by atoms with Gasteiger partial charge in [0.25, 0.3) is 0 Å². The summed E-state index contributed by atoms with van der Waals surface area (Å²) in [4.78, 5) is 0. The van der Waals surface area contributed by atoms with Crippen molar-refractivity contribution in [2.24, 2.45) is 5.92 Å². The van der Waals surface area contributed by atoms with Gasteiger partial charge in [-0.2, -0.15) is 0 Å². The van der Waals surface area contributed by atoms with E-state index in [1.807, 2.05) is 13.8 Å². The van der Waals surface area contributed by atoms with Gasteiger partial charge in [0.15, 0.2) is 0 Å². The molecule has 4 heteroatoms. The summed E-state index contributed by atoms with van der Waals surface area (Å²) < 4.78 is 22.0. The van der Waals surface area contributed by atoms with Crippen molar-refractivity contribution in [2.75, 3.05) is 26.4 Å². The third kappa shape index (κ3) is 1.59. The minimum atomic E-state index is -0.926. The lowest BCUT2D eigenvalue weighted by molar-refractivity contribution is -0.473. The van der Waals surface area contributed by atoms with Gasteiger partial charge in [0.1, 0.15) is 6.10 Å². The maximum atomic E-state index is 5.51. The van der Waals surface area contributed by atoms with Crippen molar-refractivity contribution in [3.05, 3.63) is 0 Å². The molecule has 0 aromatic rings. The molecule has 76 valence electrons. The smallest absolute Gasteiger partial charge is 0.310 e. The number of fused-ring (bicyclic) bond motifs is 3. The van der Waals surface area contributed by atoms with Gasteiger partial charge in [0.05, 0.1) is 19.8 Å². The molecular weight excluding hydrogens is 172 g/mol. The van der Waals surface area contributed by atoms with Crippen LogP contribution in [0.1, 0.15) is 13.8 Å². The van der Waals surface area contributed by atoms with Crippen molar-refractivity contribution in [2.45, 2.75) is 25.9 Å². The topological polar surface area (TPSA) is 36.9 Å². The van der Waals surface area contributed by atoms with E-state index in [1.54, 1.807) is 0 Å². The lowest BCUT2D eigenvalue weighted by Gasteiger charge is -2.47. The highest BCUT2D eigenvalue weighted by Crippen LogP contribution is 2.33. The zero-order valence-corrected chi connectivity index (χ0v) is 8.12. The van der Waals surface area contributed by atoms with Crippen molar-refractivity contribution in [1.29, 1.82) is 0 Å². The molecule has 2 bridgehead atoms. The molecule has 0 aromatic heterocycles. The Balaban J connectivity index is 2.01. The minimum Gasteiger partial charge on any atom is -0.370 e. The first-order chi connectivity index (χ1) is 6.27. The fourth-order valence-corrected chi connectivity index (χ4v) is 1.68. The Hall–Kier alpha value is -0.160. The van der Waals surface area contributed by atoms with Crippen molar-refractivity contribution >= 4 is 0 Å². The van der Waals surface area contributed by atoms with Crippen molar-refractivity contribution < 1.29 is 18.9 Å². The molecule has 1 unspecified atom stereocenters. The van der Waals surface area contributed by atoms with Crippen LogP contribution < -0.4 is 0 Å². The second-order valence-corrected chi connectivity index (χ2v) is 3.50. The van der Waals surface area contributed by atoms with Crippen molar-refractivity contribution in [3.63, 3.8) is 0 Å². The van der Waals surface area contributed by atoms with E-state index in [0.29, 0.717) is 12.5 Å². The molecule has 3 heterocycles. The van der Waals surface area contributed by atoms with Crippen LogP contribution in [0.5, 0.6) is 0 Å². The van der Waals surface area contributed by atoms with Crippen LogP contribution in [-0.2, 0) is 18.9 Å². The molecule has 0 spiro atoms. The van der Waals surface area contributed by atoms with Gasteiger partial charge in [0, 0.05) is 12.5 Å². The number of ether oxygens (including phenoxy) is 4. The second kappa shape index (κ2) is 3.53. The summed E-state index contributed by atoms with van der Waals surface area (Å²) in [6.07, 6.45) is -0.168. The van der Waals surface area contributed by atoms with Crippen molar-refractivity contribution in [3.8, 4) is 0 Å². The third-order valence-corrected chi connectivity index (χ3v) is 2.48. The third-order valence-electron chi connectivity index (χ3n) is 2.48.